The van der Waals surface area contributed by atoms with E-state index in [0.717, 1.165) is 66.7 Å². The van der Waals surface area contributed by atoms with Gasteiger partial charge in [-0.15, -0.1) is 0 Å². The summed E-state index contributed by atoms with van der Waals surface area (Å²) in [6.07, 6.45) is 15.8. The van der Waals surface area contributed by atoms with Gasteiger partial charge in [-0.25, -0.2) is 4.98 Å². The van der Waals surface area contributed by atoms with Crippen molar-refractivity contribution in [2.45, 2.75) is 55.4 Å². The number of aromatic nitrogens is 4. The first-order valence-corrected chi connectivity index (χ1v) is 18.5. The molecule has 54 heavy (non-hydrogen) atoms. The van der Waals surface area contributed by atoms with E-state index in [2.05, 4.69) is 68.0 Å². The smallest absolute Gasteiger partial charge is 0.238 e. The third-order valence-corrected chi connectivity index (χ3v) is 8.52. The Kier molecular flexibility index (Phi) is 15.0. The highest BCUT2D eigenvalue weighted by Gasteiger charge is 2.20. The van der Waals surface area contributed by atoms with Crippen molar-refractivity contribution in [2.75, 3.05) is 0 Å². The van der Waals surface area contributed by atoms with Crippen molar-refractivity contribution in [1.82, 2.24) is 19.5 Å². The molecule has 5 heteroatoms. The molecule has 0 aliphatic carbocycles. The van der Waals surface area contributed by atoms with Crippen LogP contribution in [0.2, 0.25) is 0 Å². The highest BCUT2D eigenvalue weighted by molar-refractivity contribution is 5.97. The number of aryl methyl sites for hydroxylation is 2. The van der Waals surface area contributed by atoms with Gasteiger partial charge in [0.25, 0.3) is 0 Å². The molecule has 5 nitrogen and oxygen atoms in total. The average molecular weight is 713 g/mol. The van der Waals surface area contributed by atoms with Crippen LogP contribution >= 0.6 is 0 Å². The Labute approximate surface area is 321 Å². The van der Waals surface area contributed by atoms with Gasteiger partial charge in [0.1, 0.15) is 11.3 Å². The van der Waals surface area contributed by atoms with E-state index in [4.69, 9.17) is 19.4 Å². The number of nitrogens with zero attached hydrogens (tertiary/aromatic N) is 4. The zero-order chi connectivity index (χ0) is 39.0. The van der Waals surface area contributed by atoms with Gasteiger partial charge in [0.05, 0.1) is 11.2 Å². The number of hydrogen-bond acceptors (Lipinski definition) is 4. The molecule has 0 fully saturated rings. The van der Waals surface area contributed by atoms with Crippen LogP contribution in [0.15, 0.2) is 139 Å². The molecule has 0 bridgehead atoms. The topological polar surface area (TPSA) is 56.7 Å². The van der Waals surface area contributed by atoms with Crippen LogP contribution in [-0.2, 0) is 0 Å². The molecule has 0 spiro atoms. The number of fused-ring (bicyclic) bond motifs is 2. The number of rotatable bonds is 7. The molecule has 0 N–H and O–H groups in total. The Morgan fingerprint density at radius 1 is 0.556 bits per heavy atom. The van der Waals surface area contributed by atoms with E-state index in [-0.39, 0.29) is 0 Å². The second-order valence-electron chi connectivity index (χ2n) is 12.0. The molecular formula is C49H52N4O. The highest BCUT2D eigenvalue weighted by atomic mass is 16.3. The van der Waals surface area contributed by atoms with Crippen molar-refractivity contribution in [1.29, 1.82) is 0 Å². The molecule has 0 saturated carbocycles. The van der Waals surface area contributed by atoms with Crippen LogP contribution in [0.3, 0.4) is 0 Å². The maximum Gasteiger partial charge on any atom is 0.238 e. The molecule has 274 valence electrons. The minimum Gasteiger partial charge on any atom is -0.456 e. The summed E-state index contributed by atoms with van der Waals surface area (Å²) in [7, 11) is 0. The molecule has 0 aliphatic rings. The summed E-state index contributed by atoms with van der Waals surface area (Å²) in [5.74, 6) is 2.75. The Morgan fingerprint density at radius 2 is 1.07 bits per heavy atom. The Bertz CT molecular complexity index is 2330. The Balaban J connectivity index is 0.000000257. The molecule has 7 rings (SSSR count). The molecule has 0 atom stereocenters. The quantitative estimate of drug-likeness (QED) is 0.154. The number of para-hydroxylation sites is 2. The zero-order valence-electron chi connectivity index (χ0n) is 33.0. The second kappa shape index (κ2) is 20.1. The van der Waals surface area contributed by atoms with E-state index in [1.807, 2.05) is 151 Å². The number of hydrogen-bond donors (Lipinski definition) is 0. The maximum atomic E-state index is 5.80. The molecular weight excluding hydrogens is 661 g/mol. The van der Waals surface area contributed by atoms with Crippen LogP contribution in [0, 0.1) is 13.8 Å². The van der Waals surface area contributed by atoms with Crippen molar-refractivity contribution < 1.29 is 4.42 Å². The standard InChI is InChI=1S/C29H24N4.C14H14O.C4H8.C2H6/c1-4-13-25-23(5-2)24-19-12-14-20(3)26(24)33(25)29-31-27(21-15-8-6-9-16-21)30-28(32-29)22-17-10-7-11-18-22;1-4-7-13-11(5-2)12-9-6-8-10(3)14(12)15-13;1-3-4-2;1-2/h4-19H,2H2,1,3H3;4-9H,2H2,1,3H3;3-4H,1-2H3;1-2H3/b13-4-;7-4-;4-3-;. The largest absolute Gasteiger partial charge is 0.456 e. The lowest BCUT2D eigenvalue weighted by molar-refractivity contribution is 0.601. The van der Waals surface area contributed by atoms with Gasteiger partial charge in [0.2, 0.25) is 5.95 Å². The van der Waals surface area contributed by atoms with Gasteiger partial charge in [-0.05, 0) is 64.8 Å². The van der Waals surface area contributed by atoms with E-state index in [0.29, 0.717) is 17.6 Å². The van der Waals surface area contributed by atoms with Gasteiger partial charge in [-0.3, -0.25) is 4.57 Å². The predicted octanol–water partition coefficient (Wildman–Crippen LogP) is 14.2. The highest BCUT2D eigenvalue weighted by Crippen LogP contribution is 2.34. The van der Waals surface area contributed by atoms with E-state index in [1.54, 1.807) is 0 Å². The van der Waals surface area contributed by atoms with Crippen LogP contribution < -0.4 is 0 Å². The zero-order valence-corrected chi connectivity index (χ0v) is 33.0. The lowest BCUT2D eigenvalue weighted by atomic mass is 10.1. The van der Waals surface area contributed by atoms with Crippen LogP contribution in [-0.4, -0.2) is 19.5 Å². The fraction of sp³-hybridized carbons (Fsp3) is 0.163. The molecule has 4 aromatic carbocycles. The first kappa shape index (κ1) is 40.4. The maximum absolute atomic E-state index is 5.80. The monoisotopic (exact) mass is 712 g/mol. The first-order chi connectivity index (χ1) is 26.4. The lowest BCUT2D eigenvalue weighted by Gasteiger charge is -2.12. The average Bonchev–Trinajstić information content (AvgIpc) is 3.75. The number of furan rings is 1. The van der Waals surface area contributed by atoms with Crippen LogP contribution in [0.4, 0.5) is 0 Å². The third-order valence-electron chi connectivity index (χ3n) is 8.52. The van der Waals surface area contributed by atoms with E-state index in [1.165, 1.54) is 0 Å². The summed E-state index contributed by atoms with van der Waals surface area (Å²) in [4.78, 5) is 14.7. The Hall–Kier alpha value is -6.33. The molecule has 0 radical (unpaired) electrons. The predicted molar refractivity (Wildman–Crippen MR) is 235 cm³/mol. The van der Waals surface area contributed by atoms with Crippen molar-refractivity contribution >= 4 is 46.2 Å². The molecule has 3 aromatic heterocycles. The third kappa shape index (κ3) is 8.99. The molecule has 0 saturated heterocycles. The number of allylic oxidation sites excluding steroid dienone is 4. The first-order valence-electron chi connectivity index (χ1n) is 18.5. The van der Waals surface area contributed by atoms with E-state index in [9.17, 15) is 0 Å². The fourth-order valence-corrected chi connectivity index (χ4v) is 5.98. The van der Waals surface area contributed by atoms with Crippen molar-refractivity contribution in [2.24, 2.45) is 0 Å². The summed E-state index contributed by atoms with van der Waals surface area (Å²) in [6, 6.07) is 32.5. The van der Waals surface area contributed by atoms with Gasteiger partial charge in [0.15, 0.2) is 11.6 Å². The SMILES string of the molecule is C/C=C\C.C=Cc1c(/C=C\C)n(-c2nc(-c3ccccc3)nc(-c3ccccc3)n2)c2c(C)cccc12.C=Cc1c(/C=C\C)oc2c(C)cccc12.CC. The lowest BCUT2D eigenvalue weighted by Crippen LogP contribution is -2.08. The van der Waals surface area contributed by atoms with Crippen LogP contribution in [0.25, 0.3) is 74.9 Å². The van der Waals surface area contributed by atoms with Crippen molar-refractivity contribution in [3.8, 4) is 28.7 Å². The van der Waals surface area contributed by atoms with Crippen molar-refractivity contribution in [3.05, 3.63) is 168 Å². The van der Waals surface area contributed by atoms with Crippen LogP contribution in [0.5, 0.6) is 0 Å². The summed E-state index contributed by atoms with van der Waals surface area (Å²) >= 11 is 0. The molecule has 0 amide bonds. The fourth-order valence-electron chi connectivity index (χ4n) is 5.98. The minimum absolute atomic E-state index is 0.586. The minimum atomic E-state index is 0.586. The number of benzene rings is 4. The van der Waals surface area contributed by atoms with E-state index < -0.39 is 0 Å². The normalized spacial score (nSPS) is 10.9. The van der Waals surface area contributed by atoms with Gasteiger partial charge in [0, 0.05) is 33.0 Å². The summed E-state index contributed by atoms with van der Waals surface area (Å²) in [6.45, 7) is 24.1. The molecule has 7 aromatic rings. The molecule has 3 heterocycles. The second-order valence-corrected chi connectivity index (χ2v) is 12.0. The Morgan fingerprint density at radius 3 is 1.57 bits per heavy atom. The van der Waals surface area contributed by atoms with Gasteiger partial charge in [-0.1, -0.05) is 161 Å². The summed E-state index contributed by atoms with van der Waals surface area (Å²) < 4.78 is 7.93. The van der Waals surface area contributed by atoms with Gasteiger partial charge >= 0.3 is 0 Å². The summed E-state index contributed by atoms with van der Waals surface area (Å²) in [5, 5.41) is 2.26. The molecule has 0 unspecified atom stereocenters. The van der Waals surface area contributed by atoms with Gasteiger partial charge in [-0.2, -0.15) is 9.97 Å². The molecule has 0 aliphatic heterocycles. The van der Waals surface area contributed by atoms with Crippen molar-refractivity contribution in [3.63, 3.8) is 0 Å². The summed E-state index contributed by atoms with van der Waals surface area (Å²) in [5.41, 5.74) is 9.37. The van der Waals surface area contributed by atoms with E-state index >= 15 is 0 Å². The van der Waals surface area contributed by atoms with Gasteiger partial charge < -0.3 is 4.42 Å². The van der Waals surface area contributed by atoms with Crippen LogP contribution in [0.1, 0.15) is 75.3 Å².